The van der Waals surface area contributed by atoms with E-state index >= 15 is 0 Å². The molecule has 0 atom stereocenters. The quantitative estimate of drug-likeness (QED) is 0.666. The molecule has 6 heteroatoms. The van der Waals surface area contributed by atoms with Crippen molar-refractivity contribution in [3.63, 3.8) is 0 Å². The summed E-state index contributed by atoms with van der Waals surface area (Å²) in [5.74, 6) is 2.37. The Balaban J connectivity index is 2.04. The average molecular weight is 341 g/mol. The first-order chi connectivity index (χ1) is 12.0. The van der Waals surface area contributed by atoms with Crippen LogP contribution in [0.2, 0.25) is 0 Å². The average Bonchev–Trinajstić information content (AvgIpc) is 2.57. The van der Waals surface area contributed by atoms with E-state index in [1.807, 2.05) is 58.0 Å². The van der Waals surface area contributed by atoms with Crippen LogP contribution in [0.4, 0.5) is 23.0 Å². The number of nitrogens with one attached hydrogen (secondary N) is 3. The van der Waals surface area contributed by atoms with Crippen molar-refractivity contribution < 1.29 is 4.79 Å². The molecular weight excluding hydrogens is 314 g/mol. The van der Waals surface area contributed by atoms with E-state index in [1.54, 1.807) is 0 Å². The molecule has 0 radical (unpaired) electrons. The maximum absolute atomic E-state index is 12.1. The Hall–Kier alpha value is -2.63. The Morgan fingerprint density at radius 1 is 1.00 bits per heavy atom. The number of amides is 1. The van der Waals surface area contributed by atoms with Gasteiger partial charge in [0.25, 0.3) is 0 Å². The van der Waals surface area contributed by atoms with Gasteiger partial charge in [-0.05, 0) is 51.0 Å². The number of hydrogen-bond donors (Lipinski definition) is 3. The third kappa shape index (κ3) is 5.45. The van der Waals surface area contributed by atoms with Crippen LogP contribution in [-0.4, -0.2) is 22.4 Å². The molecule has 0 fully saturated rings. The zero-order chi connectivity index (χ0) is 18.2. The molecular formula is C19H27N5O. The van der Waals surface area contributed by atoms with Gasteiger partial charge >= 0.3 is 0 Å². The molecule has 3 N–H and O–H groups in total. The van der Waals surface area contributed by atoms with Gasteiger partial charge in [-0.15, -0.1) is 0 Å². The third-order valence-electron chi connectivity index (χ3n) is 3.98. The fourth-order valence-corrected chi connectivity index (χ4v) is 2.59. The number of benzene rings is 1. The van der Waals surface area contributed by atoms with Gasteiger partial charge in [0.1, 0.15) is 17.5 Å². The summed E-state index contributed by atoms with van der Waals surface area (Å²) in [4.78, 5) is 20.9. The molecule has 25 heavy (non-hydrogen) atoms. The lowest BCUT2D eigenvalue weighted by atomic mass is 10.0. The van der Waals surface area contributed by atoms with Crippen molar-refractivity contribution in [2.75, 3.05) is 22.5 Å². The summed E-state index contributed by atoms with van der Waals surface area (Å²) in [6, 6.07) is 9.50. The van der Waals surface area contributed by atoms with E-state index in [0.717, 1.165) is 42.4 Å². The molecule has 0 saturated heterocycles. The number of nitrogens with zero attached hydrogens (tertiary/aromatic N) is 2. The van der Waals surface area contributed by atoms with E-state index in [4.69, 9.17) is 0 Å². The van der Waals surface area contributed by atoms with Gasteiger partial charge in [0, 0.05) is 29.9 Å². The molecule has 0 saturated carbocycles. The van der Waals surface area contributed by atoms with Crippen molar-refractivity contribution in [3.8, 4) is 0 Å². The third-order valence-corrected chi connectivity index (χ3v) is 3.98. The van der Waals surface area contributed by atoms with Crippen LogP contribution in [0.3, 0.4) is 0 Å². The lowest BCUT2D eigenvalue weighted by Crippen LogP contribution is -2.21. The fourth-order valence-electron chi connectivity index (χ4n) is 2.59. The zero-order valence-corrected chi connectivity index (χ0v) is 15.4. The molecule has 1 aromatic carbocycles. The number of aryl methyl sites for hydroxylation is 1. The van der Waals surface area contributed by atoms with Crippen LogP contribution in [0, 0.1) is 12.8 Å². The van der Waals surface area contributed by atoms with E-state index in [9.17, 15) is 4.79 Å². The highest BCUT2D eigenvalue weighted by molar-refractivity contribution is 5.92. The number of carbonyl (C=O) groups excluding carboxylic acids is 1. The van der Waals surface area contributed by atoms with Gasteiger partial charge in [-0.1, -0.05) is 13.8 Å². The molecule has 0 aliphatic rings. The number of rotatable bonds is 8. The molecule has 0 unspecified atom stereocenters. The SMILES string of the molecule is CCNc1cc(Nc2ccc(NC(=O)C(CC)CC)cc2)nc(C)n1. The standard InChI is InChI=1S/C19H27N5O/c1-5-14(6-2)19(25)24-16-10-8-15(9-11-16)23-18-12-17(20-7-3)21-13(4)22-18/h8-12,14H,5-7H2,1-4H3,(H,24,25)(H2,20,21,22,23). The van der Waals surface area contributed by atoms with Crippen molar-refractivity contribution in [2.24, 2.45) is 5.92 Å². The molecule has 1 heterocycles. The minimum Gasteiger partial charge on any atom is -0.370 e. The van der Waals surface area contributed by atoms with Gasteiger partial charge < -0.3 is 16.0 Å². The monoisotopic (exact) mass is 341 g/mol. The zero-order valence-electron chi connectivity index (χ0n) is 15.4. The minimum absolute atomic E-state index is 0.0614. The highest BCUT2D eigenvalue weighted by Gasteiger charge is 2.13. The number of aromatic nitrogens is 2. The predicted octanol–water partition coefficient (Wildman–Crippen LogP) is 4.34. The molecule has 0 spiro atoms. The maximum Gasteiger partial charge on any atom is 0.227 e. The molecule has 1 amide bonds. The van der Waals surface area contributed by atoms with Gasteiger partial charge in [-0.2, -0.15) is 0 Å². The second-order valence-corrected chi connectivity index (χ2v) is 5.92. The number of carbonyl (C=O) groups is 1. The van der Waals surface area contributed by atoms with E-state index in [1.165, 1.54) is 0 Å². The topological polar surface area (TPSA) is 78.9 Å². The number of hydrogen-bond acceptors (Lipinski definition) is 5. The second-order valence-electron chi connectivity index (χ2n) is 5.92. The maximum atomic E-state index is 12.1. The summed E-state index contributed by atoms with van der Waals surface area (Å²) in [5, 5.41) is 9.42. The first kappa shape index (κ1) is 18.7. The molecule has 0 aliphatic carbocycles. The van der Waals surface area contributed by atoms with Gasteiger partial charge in [-0.25, -0.2) is 9.97 Å². The Bertz CT molecular complexity index is 695. The van der Waals surface area contributed by atoms with Crippen molar-refractivity contribution in [1.82, 2.24) is 9.97 Å². The Kier molecular flexibility index (Phi) is 6.74. The van der Waals surface area contributed by atoms with Crippen molar-refractivity contribution in [3.05, 3.63) is 36.2 Å². The van der Waals surface area contributed by atoms with Crippen LogP contribution in [0.15, 0.2) is 30.3 Å². The summed E-state index contributed by atoms with van der Waals surface area (Å²) < 4.78 is 0. The van der Waals surface area contributed by atoms with Gasteiger partial charge in [0.2, 0.25) is 5.91 Å². The largest absolute Gasteiger partial charge is 0.370 e. The van der Waals surface area contributed by atoms with Crippen LogP contribution >= 0.6 is 0 Å². The molecule has 2 aromatic rings. The first-order valence-corrected chi connectivity index (χ1v) is 8.83. The van der Waals surface area contributed by atoms with Gasteiger partial charge in [-0.3, -0.25) is 4.79 Å². The fraction of sp³-hybridized carbons (Fsp3) is 0.421. The Labute approximate surface area is 149 Å². The smallest absolute Gasteiger partial charge is 0.227 e. The van der Waals surface area contributed by atoms with Crippen LogP contribution in [0.1, 0.15) is 39.4 Å². The Morgan fingerprint density at radius 2 is 1.60 bits per heavy atom. The van der Waals surface area contributed by atoms with Crippen molar-refractivity contribution in [2.45, 2.75) is 40.5 Å². The summed E-state index contributed by atoms with van der Waals surface area (Å²) in [6.07, 6.45) is 1.70. The molecule has 2 rings (SSSR count). The van der Waals surface area contributed by atoms with Crippen LogP contribution in [0.25, 0.3) is 0 Å². The molecule has 0 aliphatic heterocycles. The van der Waals surface area contributed by atoms with Crippen LogP contribution < -0.4 is 16.0 Å². The van der Waals surface area contributed by atoms with E-state index in [2.05, 4.69) is 25.9 Å². The molecule has 1 aromatic heterocycles. The van der Waals surface area contributed by atoms with Gasteiger partial charge in [0.05, 0.1) is 0 Å². The predicted molar refractivity (Wildman–Crippen MR) is 103 cm³/mol. The van der Waals surface area contributed by atoms with Crippen LogP contribution in [-0.2, 0) is 4.79 Å². The van der Waals surface area contributed by atoms with Crippen LogP contribution in [0.5, 0.6) is 0 Å². The number of anilines is 4. The first-order valence-electron chi connectivity index (χ1n) is 8.83. The van der Waals surface area contributed by atoms with Crippen molar-refractivity contribution in [1.29, 1.82) is 0 Å². The van der Waals surface area contributed by atoms with Crippen molar-refractivity contribution >= 4 is 28.9 Å². The minimum atomic E-state index is 0.0614. The summed E-state index contributed by atoms with van der Waals surface area (Å²) in [6.45, 7) is 8.76. The van der Waals surface area contributed by atoms with E-state index < -0.39 is 0 Å². The summed E-state index contributed by atoms with van der Waals surface area (Å²) in [5.41, 5.74) is 1.70. The molecule has 0 bridgehead atoms. The Morgan fingerprint density at radius 3 is 2.20 bits per heavy atom. The second kappa shape index (κ2) is 9.01. The molecule has 6 nitrogen and oxygen atoms in total. The van der Waals surface area contributed by atoms with E-state index in [0.29, 0.717) is 5.82 Å². The highest BCUT2D eigenvalue weighted by Crippen LogP contribution is 2.20. The summed E-state index contributed by atoms with van der Waals surface area (Å²) >= 11 is 0. The lowest BCUT2D eigenvalue weighted by molar-refractivity contribution is -0.120. The highest BCUT2D eigenvalue weighted by atomic mass is 16.1. The molecule has 134 valence electrons. The summed E-state index contributed by atoms with van der Waals surface area (Å²) in [7, 11) is 0. The van der Waals surface area contributed by atoms with Gasteiger partial charge in [0.15, 0.2) is 0 Å². The normalized spacial score (nSPS) is 10.6. The van der Waals surface area contributed by atoms with E-state index in [-0.39, 0.29) is 11.8 Å². The lowest BCUT2D eigenvalue weighted by Gasteiger charge is -2.13.